The van der Waals surface area contributed by atoms with Gasteiger partial charge in [0.25, 0.3) is 0 Å². The average Bonchev–Trinajstić information content (AvgIpc) is 3.97. The van der Waals surface area contributed by atoms with Crippen LogP contribution in [0.4, 0.5) is 0 Å². The summed E-state index contributed by atoms with van der Waals surface area (Å²) in [6.45, 7) is 13.3. The van der Waals surface area contributed by atoms with Crippen LogP contribution in [0.15, 0.2) is 4.99 Å². The van der Waals surface area contributed by atoms with Gasteiger partial charge in [-0.3, -0.25) is 14.6 Å². The first-order chi connectivity index (χ1) is 28.2. The maximum absolute atomic E-state index is 13.7. The Bertz CT molecular complexity index is 2180. The second-order valence-electron chi connectivity index (χ2n) is 17.6. The highest BCUT2D eigenvalue weighted by Gasteiger charge is 2.41. The highest BCUT2D eigenvalue weighted by Crippen LogP contribution is 2.39. The molecule has 0 saturated heterocycles. The minimum absolute atomic E-state index is 0.0355. The number of hydrogen-bond donors (Lipinski definition) is 4. The van der Waals surface area contributed by atoms with Crippen molar-refractivity contribution < 1.29 is 19.4 Å². The number of fused-ring (bicyclic) bond motifs is 7. The second-order valence-corrected chi connectivity index (χ2v) is 17.6. The van der Waals surface area contributed by atoms with Gasteiger partial charge in [0, 0.05) is 63.0 Å². The second kappa shape index (κ2) is 20.9. The molecule has 0 saturated carbocycles. The Hall–Kier alpha value is -3.91. The maximum Gasteiger partial charge on any atom is 0.305 e. The molecule has 8 bridgehead atoms. The fourth-order valence-electron chi connectivity index (χ4n) is 9.91. The van der Waals surface area contributed by atoms with Gasteiger partial charge in [0.15, 0.2) is 5.78 Å². The highest BCUT2D eigenvalue weighted by atomic mass is 16.5. The molecule has 0 aromatic carbocycles. The summed E-state index contributed by atoms with van der Waals surface area (Å²) in [5.74, 6) is 0.0636. The monoisotopic (exact) mass is 793 g/mol. The summed E-state index contributed by atoms with van der Waals surface area (Å²) < 4.78 is 5.77. The number of esters is 1. The summed E-state index contributed by atoms with van der Waals surface area (Å²) in [5, 5.41) is 14.1. The van der Waals surface area contributed by atoms with Crippen LogP contribution >= 0.6 is 0 Å². The minimum atomic E-state index is -0.234. The lowest BCUT2D eigenvalue weighted by Gasteiger charge is -2.22. The summed E-state index contributed by atoms with van der Waals surface area (Å²) in [6, 6.07) is -0.234. The predicted octanol–water partition coefficient (Wildman–Crippen LogP) is 8.50. The van der Waals surface area contributed by atoms with Gasteiger partial charge in [-0.2, -0.15) is 0 Å². The van der Waals surface area contributed by atoms with E-state index in [4.69, 9.17) is 9.73 Å². The van der Waals surface area contributed by atoms with E-state index in [1.165, 1.54) is 101 Å². The third kappa shape index (κ3) is 10.1. The maximum atomic E-state index is 13.7. The number of aliphatic imine (C=N–C) groups is 1. The Kier molecular flexibility index (Phi) is 15.7. The zero-order chi connectivity index (χ0) is 41.2. The SMILES string of the molecule is CCCCCCCCCCCCCCCCCCOC(=O)CC[C@@H]1C2N=C(C=c3[nH]c(c(CO)c3C)=Cc3[nH]c(c(CC)c3C)/C=c3\[nH]c4c(c3C)C(=O)CC=42)[C@H]1C. The molecular weight excluding hydrogens is 721 g/mol. The molecule has 3 aliphatic rings. The number of ether oxygens (including phenoxy) is 1. The van der Waals surface area contributed by atoms with Gasteiger partial charge in [-0.15, -0.1) is 0 Å². The average molecular weight is 793 g/mol. The number of aliphatic hydroxyl groups is 1. The molecule has 0 amide bonds. The van der Waals surface area contributed by atoms with Crippen molar-refractivity contribution in [3.63, 3.8) is 0 Å². The van der Waals surface area contributed by atoms with Gasteiger partial charge in [0.05, 0.1) is 24.6 Å². The van der Waals surface area contributed by atoms with Gasteiger partial charge in [0.1, 0.15) is 0 Å². The van der Waals surface area contributed by atoms with Crippen LogP contribution in [0.5, 0.6) is 0 Å². The van der Waals surface area contributed by atoms with Crippen LogP contribution in [0.25, 0.3) is 23.8 Å². The zero-order valence-electron chi connectivity index (χ0n) is 36.6. The fraction of sp³-hybridized carbons (Fsp3) is 0.620. The minimum Gasteiger partial charge on any atom is -0.466 e. The normalized spacial score (nSPS) is 18.9. The molecule has 8 heteroatoms. The number of rotatable bonds is 22. The summed E-state index contributed by atoms with van der Waals surface area (Å²) in [6.07, 6.45) is 29.6. The summed E-state index contributed by atoms with van der Waals surface area (Å²) in [4.78, 5) is 43.2. The number of aromatic nitrogens is 3. The molecule has 1 unspecified atom stereocenters. The number of hydrogen-bond acceptors (Lipinski definition) is 5. The molecule has 316 valence electrons. The summed E-state index contributed by atoms with van der Waals surface area (Å²) in [5.41, 5.74) is 9.95. The van der Waals surface area contributed by atoms with Gasteiger partial charge in [-0.05, 0) is 92.0 Å². The third-order valence-electron chi connectivity index (χ3n) is 13.6. The van der Waals surface area contributed by atoms with E-state index in [0.29, 0.717) is 25.9 Å². The summed E-state index contributed by atoms with van der Waals surface area (Å²) >= 11 is 0. The standard InChI is InChI=1S/C50H72N4O4/c1-7-9-10-11-12-13-14-15-16-17-18-19-20-21-22-23-26-58-47(57)25-24-37-33(4)42-28-40-34(5)39(31-55)45(52-40)29-41-32(3)36(8-2)44(51-41)30-43-35(6)48-46(56)27-38(49(37)53-42)50(48)54-43/h28-30,33,37,49,51-52,54-55H,7-27,31H2,1-6H3/b40-28?,43-30-,45-29?/t33-,37-,49?/m0/s1. The van der Waals surface area contributed by atoms with Crippen molar-refractivity contribution in [3.8, 4) is 0 Å². The van der Waals surface area contributed by atoms with Crippen LogP contribution < -0.4 is 21.4 Å². The van der Waals surface area contributed by atoms with Crippen molar-refractivity contribution >= 4 is 41.3 Å². The molecule has 5 heterocycles. The Morgan fingerprint density at radius 1 is 0.741 bits per heavy atom. The number of nitrogens with zero attached hydrogens (tertiary/aromatic N) is 1. The molecule has 4 N–H and O–H groups in total. The Morgan fingerprint density at radius 2 is 1.34 bits per heavy atom. The van der Waals surface area contributed by atoms with Gasteiger partial charge in [0.2, 0.25) is 0 Å². The lowest BCUT2D eigenvalue weighted by molar-refractivity contribution is -0.144. The van der Waals surface area contributed by atoms with E-state index in [2.05, 4.69) is 60.9 Å². The molecule has 58 heavy (non-hydrogen) atoms. The van der Waals surface area contributed by atoms with E-state index < -0.39 is 0 Å². The molecule has 0 fully saturated rings. The molecule has 0 spiro atoms. The van der Waals surface area contributed by atoms with Gasteiger partial charge < -0.3 is 24.8 Å². The van der Waals surface area contributed by atoms with E-state index in [0.717, 1.165) is 85.6 Å². The van der Waals surface area contributed by atoms with E-state index in [1.807, 2.05) is 13.8 Å². The van der Waals surface area contributed by atoms with Crippen LogP contribution in [0.1, 0.15) is 192 Å². The van der Waals surface area contributed by atoms with Gasteiger partial charge in [-0.1, -0.05) is 117 Å². The van der Waals surface area contributed by atoms with Gasteiger partial charge in [-0.25, -0.2) is 0 Å². The molecule has 8 nitrogen and oxygen atoms in total. The molecule has 2 aliphatic heterocycles. The lowest BCUT2D eigenvalue weighted by Crippen LogP contribution is -2.27. The van der Waals surface area contributed by atoms with E-state index in [9.17, 15) is 14.7 Å². The topological polar surface area (TPSA) is 123 Å². The first kappa shape index (κ1) is 43.7. The summed E-state index contributed by atoms with van der Waals surface area (Å²) in [7, 11) is 0. The predicted molar refractivity (Wildman–Crippen MR) is 238 cm³/mol. The van der Waals surface area contributed by atoms with Crippen molar-refractivity contribution in [2.24, 2.45) is 16.8 Å². The number of carbonyl (C=O) groups is 2. The van der Waals surface area contributed by atoms with Crippen molar-refractivity contribution in [2.45, 2.75) is 183 Å². The van der Waals surface area contributed by atoms with Crippen LogP contribution in [-0.4, -0.2) is 50.2 Å². The number of aliphatic hydroxyl groups excluding tert-OH is 1. The quantitative estimate of drug-likeness (QED) is 0.0602. The van der Waals surface area contributed by atoms with E-state index in [1.54, 1.807) is 0 Å². The van der Waals surface area contributed by atoms with E-state index in [-0.39, 0.29) is 36.2 Å². The number of Topliss-reactive ketones (excluding diaryl/α,β-unsaturated/α-hetero) is 1. The van der Waals surface area contributed by atoms with Gasteiger partial charge >= 0.3 is 5.97 Å². The number of unbranched alkanes of at least 4 members (excludes halogenated alkanes) is 15. The molecule has 1 aliphatic carbocycles. The number of carbonyl (C=O) groups excluding carboxylic acids is 2. The van der Waals surface area contributed by atoms with Crippen LogP contribution in [-0.2, 0) is 22.6 Å². The van der Waals surface area contributed by atoms with E-state index >= 15 is 0 Å². The van der Waals surface area contributed by atoms with Crippen molar-refractivity contribution in [2.75, 3.05) is 6.61 Å². The number of H-pyrrole nitrogens is 3. The number of aromatic amines is 3. The van der Waals surface area contributed by atoms with Crippen molar-refractivity contribution in [1.29, 1.82) is 0 Å². The molecule has 3 atom stereocenters. The van der Waals surface area contributed by atoms with Crippen LogP contribution in [0.3, 0.4) is 0 Å². The highest BCUT2D eigenvalue weighted by molar-refractivity contribution is 6.14. The molecule has 3 aromatic heterocycles. The van der Waals surface area contributed by atoms with Crippen LogP contribution in [0, 0.1) is 32.6 Å². The molecule has 3 aromatic rings. The largest absolute Gasteiger partial charge is 0.466 e. The fourth-order valence-corrected chi connectivity index (χ4v) is 9.91. The number of ketones is 1. The Labute approximate surface area is 346 Å². The third-order valence-corrected chi connectivity index (χ3v) is 13.6. The first-order valence-electron chi connectivity index (χ1n) is 23.1. The molecular formula is C50H72N4O4. The Morgan fingerprint density at radius 3 is 1.97 bits per heavy atom. The van der Waals surface area contributed by atoms with Crippen molar-refractivity contribution in [3.05, 3.63) is 66.2 Å². The lowest BCUT2D eigenvalue weighted by atomic mass is 9.81. The van der Waals surface area contributed by atoms with Crippen LogP contribution in [0.2, 0.25) is 0 Å². The van der Waals surface area contributed by atoms with Crippen molar-refractivity contribution in [1.82, 2.24) is 15.0 Å². The number of nitrogens with one attached hydrogen (secondary N) is 3. The smallest absolute Gasteiger partial charge is 0.305 e. The molecule has 0 radical (unpaired) electrons. The molecule has 6 rings (SSSR count). The Balaban J connectivity index is 1.08. The zero-order valence-corrected chi connectivity index (χ0v) is 36.6. The first-order valence-corrected chi connectivity index (χ1v) is 23.1.